The molecule has 138 valence electrons. The topological polar surface area (TPSA) is 49.4 Å². The summed E-state index contributed by atoms with van der Waals surface area (Å²) in [6.45, 7) is 5.90. The fourth-order valence-electron chi connectivity index (χ4n) is 3.56. The van der Waals surface area contributed by atoms with Crippen LogP contribution < -0.4 is 5.32 Å². The number of carbonyl (C=O) groups is 2. The summed E-state index contributed by atoms with van der Waals surface area (Å²) in [4.78, 5) is 28.4. The summed E-state index contributed by atoms with van der Waals surface area (Å²) >= 11 is 1.71. The van der Waals surface area contributed by atoms with E-state index in [2.05, 4.69) is 22.8 Å². The number of carbonyl (C=O) groups excluding carboxylic acids is 2. The highest BCUT2D eigenvalue weighted by Crippen LogP contribution is 2.20. The predicted octanol–water partition coefficient (Wildman–Crippen LogP) is 3.58. The van der Waals surface area contributed by atoms with Crippen LogP contribution in [0, 0.1) is 19.8 Å². The number of amides is 2. The molecule has 5 heteroatoms. The van der Waals surface area contributed by atoms with Crippen molar-refractivity contribution in [3.8, 4) is 0 Å². The Hall–Kier alpha value is -2.14. The largest absolute Gasteiger partial charge is 0.355 e. The molecule has 2 amide bonds. The number of rotatable bonds is 5. The zero-order valence-electron chi connectivity index (χ0n) is 15.5. The molecule has 1 aromatic carbocycles. The van der Waals surface area contributed by atoms with Crippen molar-refractivity contribution >= 4 is 23.2 Å². The Morgan fingerprint density at radius 1 is 1.23 bits per heavy atom. The third-order valence-electron chi connectivity index (χ3n) is 4.80. The zero-order valence-corrected chi connectivity index (χ0v) is 16.3. The van der Waals surface area contributed by atoms with Crippen LogP contribution in [0.1, 0.15) is 39.2 Å². The van der Waals surface area contributed by atoms with Crippen molar-refractivity contribution in [2.75, 3.05) is 19.6 Å². The summed E-state index contributed by atoms with van der Waals surface area (Å²) in [6.07, 6.45) is 2.59. The molecule has 0 saturated carbocycles. The van der Waals surface area contributed by atoms with E-state index in [-0.39, 0.29) is 17.7 Å². The van der Waals surface area contributed by atoms with Gasteiger partial charge in [0.15, 0.2) is 0 Å². The molecule has 1 atom stereocenters. The minimum Gasteiger partial charge on any atom is -0.355 e. The Morgan fingerprint density at radius 3 is 2.69 bits per heavy atom. The van der Waals surface area contributed by atoms with Crippen molar-refractivity contribution in [2.24, 2.45) is 5.92 Å². The standard InChI is InChI=1S/C21H26N2O2S/c1-15-11-16(2)13-18(12-15)21(25)23-9-3-5-17(14-23)20(24)22-8-7-19-6-4-10-26-19/h4,6,10-13,17H,3,5,7-9,14H2,1-2H3,(H,22,24)/t17-/m1/s1. The Kier molecular flexibility index (Phi) is 6.09. The lowest BCUT2D eigenvalue weighted by atomic mass is 9.96. The maximum atomic E-state index is 12.8. The second-order valence-electron chi connectivity index (χ2n) is 7.09. The fraction of sp³-hybridized carbons (Fsp3) is 0.429. The van der Waals surface area contributed by atoms with Gasteiger partial charge in [0.2, 0.25) is 5.91 Å². The Morgan fingerprint density at radius 2 is 2.00 bits per heavy atom. The molecule has 1 aliphatic heterocycles. The van der Waals surface area contributed by atoms with Crippen LogP contribution in [0.5, 0.6) is 0 Å². The molecule has 0 unspecified atom stereocenters. The molecule has 1 fully saturated rings. The molecule has 1 saturated heterocycles. The third-order valence-corrected chi connectivity index (χ3v) is 5.73. The lowest BCUT2D eigenvalue weighted by Crippen LogP contribution is -2.45. The van der Waals surface area contributed by atoms with Crippen molar-refractivity contribution in [1.82, 2.24) is 10.2 Å². The van der Waals surface area contributed by atoms with E-state index in [1.54, 1.807) is 11.3 Å². The lowest BCUT2D eigenvalue weighted by molar-refractivity contribution is -0.126. The first-order valence-electron chi connectivity index (χ1n) is 9.20. The maximum Gasteiger partial charge on any atom is 0.253 e. The highest BCUT2D eigenvalue weighted by Gasteiger charge is 2.28. The highest BCUT2D eigenvalue weighted by molar-refractivity contribution is 7.09. The second kappa shape index (κ2) is 8.49. The van der Waals surface area contributed by atoms with Crippen molar-refractivity contribution in [1.29, 1.82) is 0 Å². The highest BCUT2D eigenvalue weighted by atomic mass is 32.1. The van der Waals surface area contributed by atoms with Gasteiger partial charge >= 0.3 is 0 Å². The van der Waals surface area contributed by atoms with Crippen LogP contribution in [0.2, 0.25) is 0 Å². The van der Waals surface area contributed by atoms with Gasteiger partial charge < -0.3 is 10.2 Å². The summed E-state index contributed by atoms with van der Waals surface area (Å²) in [7, 11) is 0. The number of hydrogen-bond acceptors (Lipinski definition) is 3. The van der Waals surface area contributed by atoms with Gasteiger partial charge in [0.1, 0.15) is 0 Å². The van der Waals surface area contributed by atoms with E-state index in [4.69, 9.17) is 0 Å². The second-order valence-corrected chi connectivity index (χ2v) is 8.12. The van der Waals surface area contributed by atoms with Crippen LogP contribution in [0.15, 0.2) is 35.7 Å². The SMILES string of the molecule is Cc1cc(C)cc(C(=O)N2CCC[C@@H](C(=O)NCCc3cccs3)C2)c1. The number of piperidine rings is 1. The van der Waals surface area contributed by atoms with Crippen molar-refractivity contribution in [3.63, 3.8) is 0 Å². The molecule has 0 aliphatic carbocycles. The van der Waals surface area contributed by atoms with E-state index in [0.717, 1.165) is 42.5 Å². The molecule has 0 radical (unpaired) electrons. The molecule has 4 nitrogen and oxygen atoms in total. The molecule has 1 N–H and O–H groups in total. The van der Waals surface area contributed by atoms with Crippen LogP contribution in [0.4, 0.5) is 0 Å². The van der Waals surface area contributed by atoms with Gasteiger partial charge in [0.25, 0.3) is 5.91 Å². The van der Waals surface area contributed by atoms with Crippen LogP contribution in [-0.4, -0.2) is 36.3 Å². The van der Waals surface area contributed by atoms with Crippen molar-refractivity contribution in [2.45, 2.75) is 33.1 Å². The number of likely N-dealkylation sites (tertiary alicyclic amines) is 1. The molecule has 2 aromatic rings. The number of nitrogens with one attached hydrogen (secondary N) is 1. The number of benzene rings is 1. The van der Waals surface area contributed by atoms with Gasteiger partial charge in [-0.1, -0.05) is 23.3 Å². The summed E-state index contributed by atoms with van der Waals surface area (Å²) in [5.74, 6) is -0.00527. The van der Waals surface area contributed by atoms with E-state index in [0.29, 0.717) is 13.1 Å². The summed E-state index contributed by atoms with van der Waals surface area (Å²) in [5, 5.41) is 5.09. The van der Waals surface area contributed by atoms with Gasteiger partial charge in [-0.2, -0.15) is 0 Å². The number of hydrogen-bond donors (Lipinski definition) is 1. The van der Waals surface area contributed by atoms with Crippen LogP contribution >= 0.6 is 11.3 Å². The minimum absolute atomic E-state index is 0.0351. The number of nitrogens with zero attached hydrogens (tertiary/aromatic N) is 1. The normalized spacial score (nSPS) is 17.2. The molecule has 0 spiro atoms. The Bertz CT molecular complexity index is 750. The molecular formula is C21H26N2O2S. The Balaban J connectivity index is 1.56. The number of thiophene rings is 1. The van der Waals surface area contributed by atoms with E-state index in [9.17, 15) is 9.59 Å². The molecule has 2 heterocycles. The van der Waals surface area contributed by atoms with Gasteiger partial charge in [-0.3, -0.25) is 9.59 Å². The van der Waals surface area contributed by atoms with E-state index >= 15 is 0 Å². The van der Waals surface area contributed by atoms with Crippen LogP contribution in [0.25, 0.3) is 0 Å². The van der Waals surface area contributed by atoms with Gasteiger partial charge in [-0.25, -0.2) is 0 Å². The van der Waals surface area contributed by atoms with Crippen molar-refractivity contribution in [3.05, 3.63) is 57.3 Å². The monoisotopic (exact) mass is 370 g/mol. The molecule has 1 aromatic heterocycles. The smallest absolute Gasteiger partial charge is 0.253 e. The summed E-state index contributed by atoms with van der Waals surface area (Å²) < 4.78 is 0. The average molecular weight is 371 g/mol. The van der Waals surface area contributed by atoms with Crippen LogP contribution in [0.3, 0.4) is 0 Å². The van der Waals surface area contributed by atoms with Crippen molar-refractivity contribution < 1.29 is 9.59 Å². The van der Waals surface area contributed by atoms with Gasteiger partial charge in [0, 0.05) is 30.1 Å². The molecule has 1 aliphatic rings. The maximum absolute atomic E-state index is 12.8. The fourth-order valence-corrected chi connectivity index (χ4v) is 4.27. The summed E-state index contributed by atoms with van der Waals surface area (Å²) in [5.41, 5.74) is 2.91. The van der Waals surface area contributed by atoms with E-state index in [1.165, 1.54) is 4.88 Å². The van der Waals surface area contributed by atoms with Gasteiger partial charge in [0.05, 0.1) is 5.92 Å². The first kappa shape index (κ1) is 18.6. The summed E-state index contributed by atoms with van der Waals surface area (Å²) in [6, 6.07) is 10.0. The molecule has 26 heavy (non-hydrogen) atoms. The molecular weight excluding hydrogens is 344 g/mol. The van der Waals surface area contributed by atoms with Gasteiger partial charge in [-0.15, -0.1) is 11.3 Å². The first-order valence-corrected chi connectivity index (χ1v) is 10.1. The number of aryl methyl sites for hydroxylation is 2. The average Bonchev–Trinajstić information content (AvgIpc) is 3.13. The predicted molar refractivity (Wildman–Crippen MR) is 106 cm³/mol. The zero-order chi connectivity index (χ0) is 18.5. The Labute approximate surface area is 159 Å². The third kappa shape index (κ3) is 4.73. The molecule has 3 rings (SSSR count). The van der Waals surface area contributed by atoms with Gasteiger partial charge in [-0.05, 0) is 56.7 Å². The lowest BCUT2D eigenvalue weighted by Gasteiger charge is -2.32. The van der Waals surface area contributed by atoms with E-state index in [1.807, 2.05) is 36.9 Å². The van der Waals surface area contributed by atoms with Crippen LogP contribution in [-0.2, 0) is 11.2 Å². The minimum atomic E-state index is -0.109. The van der Waals surface area contributed by atoms with E-state index < -0.39 is 0 Å². The molecule has 0 bridgehead atoms. The quantitative estimate of drug-likeness (QED) is 0.875. The first-order chi connectivity index (χ1) is 12.5.